The monoisotopic (exact) mass is 141 g/mol. The second-order valence-corrected chi connectivity index (χ2v) is 2.73. The van der Waals surface area contributed by atoms with Gasteiger partial charge in [0.15, 0.2) is 0 Å². The molecule has 1 N–H and O–H groups in total. The summed E-state index contributed by atoms with van der Waals surface area (Å²) in [5.74, 6) is 0.517. The van der Waals surface area contributed by atoms with Crippen molar-refractivity contribution < 1.29 is 10.0 Å². The van der Waals surface area contributed by atoms with Crippen molar-refractivity contribution >= 4 is 12.5 Å². The summed E-state index contributed by atoms with van der Waals surface area (Å²) in [5.41, 5.74) is 0. The number of aldehydes is 1. The smallest absolute Gasteiger partial charge is 0.123 e. The molecule has 0 unspecified atom stereocenters. The number of carbonyl (C=O) groups excluding carboxylic acids is 1. The molecule has 0 heterocycles. The van der Waals surface area contributed by atoms with E-state index in [1.54, 1.807) is 0 Å². The van der Waals surface area contributed by atoms with E-state index in [1.807, 2.05) is 0 Å². The Bertz CT molecular complexity index is 145. The highest BCUT2D eigenvalue weighted by Gasteiger charge is 2.22. The maximum Gasteiger partial charge on any atom is 0.123 e. The minimum Gasteiger partial charge on any atom is -0.411 e. The van der Waals surface area contributed by atoms with Crippen molar-refractivity contribution in [1.82, 2.24) is 0 Å². The number of rotatable bonds is 2. The van der Waals surface area contributed by atoms with Crippen LogP contribution in [0.1, 0.15) is 19.3 Å². The van der Waals surface area contributed by atoms with Gasteiger partial charge in [-0.3, -0.25) is 0 Å². The lowest BCUT2D eigenvalue weighted by molar-refractivity contribution is -0.110. The summed E-state index contributed by atoms with van der Waals surface area (Å²) in [6.07, 6.45) is 5.29. The Morgan fingerprint density at radius 2 is 2.10 bits per heavy atom. The summed E-state index contributed by atoms with van der Waals surface area (Å²) in [5, 5.41) is 11.1. The van der Waals surface area contributed by atoms with Crippen LogP contribution in [0, 0.1) is 11.8 Å². The molecule has 3 nitrogen and oxygen atoms in total. The van der Waals surface area contributed by atoms with Gasteiger partial charge in [0.25, 0.3) is 0 Å². The van der Waals surface area contributed by atoms with Crippen LogP contribution in [0.2, 0.25) is 0 Å². The molecule has 0 radical (unpaired) electrons. The van der Waals surface area contributed by atoms with Crippen molar-refractivity contribution in [3.05, 3.63) is 0 Å². The predicted molar refractivity (Wildman–Crippen MR) is 37.2 cm³/mol. The first-order valence-electron chi connectivity index (χ1n) is 3.49. The Kier molecular flexibility index (Phi) is 2.42. The molecule has 0 bridgehead atoms. The fourth-order valence-corrected chi connectivity index (χ4v) is 1.41. The second kappa shape index (κ2) is 3.34. The van der Waals surface area contributed by atoms with Gasteiger partial charge in [0, 0.05) is 12.1 Å². The lowest BCUT2D eigenvalue weighted by atomic mass is 10.1. The van der Waals surface area contributed by atoms with Gasteiger partial charge in [-0.2, -0.15) is 0 Å². The number of nitrogens with zero attached hydrogens (tertiary/aromatic N) is 1. The molecule has 1 aliphatic rings. The normalized spacial score (nSPS) is 33.2. The zero-order valence-corrected chi connectivity index (χ0v) is 5.73. The molecule has 0 aromatic carbocycles. The van der Waals surface area contributed by atoms with E-state index < -0.39 is 0 Å². The van der Waals surface area contributed by atoms with E-state index in [9.17, 15) is 4.79 Å². The summed E-state index contributed by atoms with van der Waals surface area (Å²) in [6.45, 7) is 0. The van der Waals surface area contributed by atoms with E-state index in [0.29, 0.717) is 5.92 Å². The third kappa shape index (κ3) is 1.56. The average molecular weight is 141 g/mol. The van der Waals surface area contributed by atoms with Crippen molar-refractivity contribution in [2.75, 3.05) is 0 Å². The third-order valence-corrected chi connectivity index (χ3v) is 1.98. The molecule has 0 aromatic heterocycles. The van der Waals surface area contributed by atoms with E-state index >= 15 is 0 Å². The lowest BCUT2D eigenvalue weighted by Gasteiger charge is -1.97. The molecule has 0 aromatic rings. The largest absolute Gasteiger partial charge is 0.411 e. The van der Waals surface area contributed by atoms with E-state index in [4.69, 9.17) is 5.21 Å². The number of oxime groups is 1. The average Bonchev–Trinajstić information content (AvgIpc) is 2.37. The zero-order valence-electron chi connectivity index (χ0n) is 5.73. The first kappa shape index (κ1) is 7.25. The quantitative estimate of drug-likeness (QED) is 0.270. The Balaban J connectivity index is 2.35. The molecule has 1 rings (SSSR count). The molecule has 1 saturated carbocycles. The Morgan fingerprint density at radius 3 is 2.60 bits per heavy atom. The van der Waals surface area contributed by atoms with Crippen LogP contribution in [0.4, 0.5) is 0 Å². The van der Waals surface area contributed by atoms with Gasteiger partial charge in [0.2, 0.25) is 0 Å². The van der Waals surface area contributed by atoms with E-state index in [2.05, 4.69) is 5.16 Å². The maximum absolute atomic E-state index is 10.2. The van der Waals surface area contributed by atoms with Crippen LogP contribution >= 0.6 is 0 Å². The molecule has 2 atom stereocenters. The predicted octanol–water partition coefficient (Wildman–Crippen LogP) is 1.06. The number of hydrogen-bond donors (Lipinski definition) is 1. The molecule has 3 heteroatoms. The summed E-state index contributed by atoms with van der Waals surface area (Å²) >= 11 is 0. The van der Waals surface area contributed by atoms with Gasteiger partial charge in [0.05, 0.1) is 0 Å². The number of hydrogen-bond acceptors (Lipinski definition) is 3. The van der Waals surface area contributed by atoms with Crippen molar-refractivity contribution in [2.45, 2.75) is 19.3 Å². The zero-order chi connectivity index (χ0) is 7.40. The summed E-state index contributed by atoms with van der Waals surface area (Å²) in [4.78, 5) is 10.2. The molecule has 1 aliphatic carbocycles. The van der Waals surface area contributed by atoms with Crippen molar-refractivity contribution in [2.24, 2.45) is 17.0 Å². The first-order chi connectivity index (χ1) is 4.86. The molecule has 0 saturated heterocycles. The molecule has 10 heavy (non-hydrogen) atoms. The van der Waals surface area contributed by atoms with E-state index in [-0.39, 0.29) is 5.92 Å². The summed E-state index contributed by atoms with van der Waals surface area (Å²) in [7, 11) is 0. The van der Waals surface area contributed by atoms with Crippen LogP contribution < -0.4 is 0 Å². The Morgan fingerprint density at radius 1 is 1.40 bits per heavy atom. The van der Waals surface area contributed by atoms with Gasteiger partial charge in [-0.15, -0.1) is 5.16 Å². The summed E-state index contributed by atoms with van der Waals surface area (Å²) < 4.78 is 0. The van der Waals surface area contributed by atoms with Crippen LogP contribution in [0.25, 0.3) is 0 Å². The van der Waals surface area contributed by atoms with Crippen LogP contribution in [-0.2, 0) is 4.79 Å². The van der Waals surface area contributed by atoms with E-state index in [1.165, 1.54) is 6.21 Å². The SMILES string of the molecule is O=C[C@H]1CC[C@@H](/C=N/O)C1. The molecule has 0 amide bonds. The van der Waals surface area contributed by atoms with Gasteiger partial charge in [-0.25, -0.2) is 0 Å². The maximum atomic E-state index is 10.2. The van der Waals surface area contributed by atoms with Crippen molar-refractivity contribution in [3.8, 4) is 0 Å². The van der Waals surface area contributed by atoms with Gasteiger partial charge >= 0.3 is 0 Å². The molecular formula is C7H11NO2. The topological polar surface area (TPSA) is 49.7 Å². The number of carbonyl (C=O) groups is 1. The van der Waals surface area contributed by atoms with Crippen LogP contribution in [-0.4, -0.2) is 17.7 Å². The highest BCUT2D eigenvalue weighted by atomic mass is 16.4. The Labute approximate surface area is 59.7 Å². The molecule has 0 spiro atoms. The standard InChI is InChI=1S/C7H11NO2/c9-5-7-2-1-6(3-7)4-8-10/h4-7,10H,1-3H2/b8-4+/t6-,7+/m1/s1. The highest BCUT2D eigenvalue weighted by Crippen LogP contribution is 2.27. The minimum atomic E-state index is 0.197. The van der Waals surface area contributed by atoms with Gasteiger partial charge in [0.1, 0.15) is 6.29 Å². The first-order valence-corrected chi connectivity index (χ1v) is 3.49. The molecule has 56 valence electrons. The fraction of sp³-hybridized carbons (Fsp3) is 0.714. The van der Waals surface area contributed by atoms with Gasteiger partial charge in [-0.05, 0) is 25.2 Å². The van der Waals surface area contributed by atoms with Crippen molar-refractivity contribution in [1.29, 1.82) is 0 Å². The summed E-state index contributed by atoms with van der Waals surface area (Å²) in [6, 6.07) is 0. The molecular weight excluding hydrogens is 130 g/mol. The lowest BCUT2D eigenvalue weighted by Crippen LogP contribution is -1.98. The molecule has 1 fully saturated rings. The van der Waals surface area contributed by atoms with Gasteiger partial charge < -0.3 is 10.0 Å². The minimum absolute atomic E-state index is 0.197. The second-order valence-electron chi connectivity index (χ2n) is 2.73. The fourth-order valence-electron chi connectivity index (χ4n) is 1.41. The van der Waals surface area contributed by atoms with Crippen LogP contribution in [0.15, 0.2) is 5.16 Å². The van der Waals surface area contributed by atoms with Crippen LogP contribution in [0.5, 0.6) is 0 Å². The van der Waals surface area contributed by atoms with Crippen molar-refractivity contribution in [3.63, 3.8) is 0 Å². The Hall–Kier alpha value is -0.860. The van der Waals surface area contributed by atoms with Gasteiger partial charge in [-0.1, -0.05) is 0 Å². The third-order valence-electron chi connectivity index (χ3n) is 1.98. The van der Waals surface area contributed by atoms with E-state index in [0.717, 1.165) is 25.5 Å². The highest BCUT2D eigenvalue weighted by molar-refractivity contribution is 5.63. The molecule has 0 aliphatic heterocycles. The van der Waals surface area contributed by atoms with Crippen LogP contribution in [0.3, 0.4) is 0 Å².